The summed E-state index contributed by atoms with van der Waals surface area (Å²) in [4.78, 5) is 11.7. The summed E-state index contributed by atoms with van der Waals surface area (Å²) in [5.74, 6) is -0.213. The number of hydrogen-bond acceptors (Lipinski definition) is 3. The van der Waals surface area contributed by atoms with Crippen LogP contribution in [0.1, 0.15) is 5.56 Å². The normalized spacial score (nSPS) is 12.1. The fourth-order valence-corrected chi connectivity index (χ4v) is 1.51. The van der Waals surface area contributed by atoms with E-state index in [2.05, 4.69) is 15.5 Å². The zero-order valence-electron chi connectivity index (χ0n) is 9.26. The van der Waals surface area contributed by atoms with Crippen LogP contribution in [0.15, 0.2) is 42.7 Å². The van der Waals surface area contributed by atoms with Crippen molar-refractivity contribution in [3.8, 4) is 0 Å². The molecule has 0 radical (unpaired) electrons. The van der Waals surface area contributed by atoms with E-state index in [9.17, 15) is 4.79 Å². The fourth-order valence-electron chi connectivity index (χ4n) is 1.51. The van der Waals surface area contributed by atoms with Gasteiger partial charge < -0.3 is 11.1 Å². The van der Waals surface area contributed by atoms with Crippen LogP contribution in [-0.2, 0) is 11.2 Å². The highest BCUT2D eigenvalue weighted by Gasteiger charge is 2.14. The van der Waals surface area contributed by atoms with Crippen molar-refractivity contribution < 1.29 is 4.79 Å². The number of H-pyrrole nitrogens is 1. The number of carbonyl (C=O) groups excluding carboxylic acids is 1. The molecule has 1 atom stereocenters. The molecule has 0 aliphatic heterocycles. The first-order valence-electron chi connectivity index (χ1n) is 5.35. The maximum absolute atomic E-state index is 11.7. The monoisotopic (exact) mass is 230 g/mol. The molecular weight excluding hydrogens is 216 g/mol. The first kappa shape index (κ1) is 11.3. The highest BCUT2D eigenvalue weighted by Crippen LogP contribution is 2.05. The van der Waals surface area contributed by atoms with Crippen molar-refractivity contribution in [1.29, 1.82) is 0 Å². The number of carbonyl (C=O) groups is 1. The summed E-state index contributed by atoms with van der Waals surface area (Å²) in [7, 11) is 0. The molecule has 4 N–H and O–H groups in total. The third-order valence-corrected chi connectivity index (χ3v) is 2.40. The molecule has 1 heterocycles. The van der Waals surface area contributed by atoms with Crippen LogP contribution in [0, 0.1) is 0 Å². The van der Waals surface area contributed by atoms with Gasteiger partial charge >= 0.3 is 0 Å². The van der Waals surface area contributed by atoms with Crippen LogP contribution < -0.4 is 11.1 Å². The quantitative estimate of drug-likeness (QED) is 0.730. The Morgan fingerprint density at radius 1 is 1.41 bits per heavy atom. The lowest BCUT2D eigenvalue weighted by atomic mass is 10.1. The average molecular weight is 230 g/mol. The fraction of sp³-hybridized carbons (Fsp3) is 0.167. The van der Waals surface area contributed by atoms with Crippen molar-refractivity contribution in [2.75, 3.05) is 5.32 Å². The Kier molecular flexibility index (Phi) is 3.52. The second-order valence-corrected chi connectivity index (χ2v) is 3.77. The summed E-state index contributed by atoms with van der Waals surface area (Å²) in [5, 5.41) is 9.04. The van der Waals surface area contributed by atoms with E-state index in [4.69, 9.17) is 5.73 Å². The van der Waals surface area contributed by atoms with Crippen LogP contribution in [0.5, 0.6) is 0 Å². The lowest BCUT2D eigenvalue weighted by Gasteiger charge is -2.10. The Morgan fingerprint density at radius 3 is 2.82 bits per heavy atom. The standard InChI is InChI=1S/C12H14N4O/c13-11(6-9-4-2-1-3-5-9)12(17)16-10-7-14-15-8-10/h1-5,7-8,11H,6,13H2,(H,14,15)(H,16,17)/t11-/m1/s1. The maximum Gasteiger partial charge on any atom is 0.241 e. The predicted molar refractivity (Wildman–Crippen MR) is 65.3 cm³/mol. The molecule has 0 fully saturated rings. The van der Waals surface area contributed by atoms with Gasteiger partial charge in [-0.2, -0.15) is 5.10 Å². The first-order chi connectivity index (χ1) is 8.25. The van der Waals surface area contributed by atoms with E-state index in [-0.39, 0.29) is 5.91 Å². The van der Waals surface area contributed by atoms with E-state index >= 15 is 0 Å². The molecule has 5 nitrogen and oxygen atoms in total. The van der Waals surface area contributed by atoms with Crippen LogP contribution in [0.3, 0.4) is 0 Å². The molecule has 1 aromatic carbocycles. The van der Waals surface area contributed by atoms with Crippen molar-refractivity contribution in [2.24, 2.45) is 5.73 Å². The van der Waals surface area contributed by atoms with Crippen LogP contribution in [0.25, 0.3) is 0 Å². The summed E-state index contributed by atoms with van der Waals surface area (Å²) < 4.78 is 0. The van der Waals surface area contributed by atoms with Gasteiger partial charge in [0.25, 0.3) is 0 Å². The number of amides is 1. The van der Waals surface area contributed by atoms with Gasteiger partial charge in [0.1, 0.15) is 0 Å². The predicted octanol–water partition coefficient (Wildman–Crippen LogP) is 0.918. The molecule has 0 saturated heterocycles. The van der Waals surface area contributed by atoms with E-state index in [0.29, 0.717) is 12.1 Å². The van der Waals surface area contributed by atoms with Crippen molar-refractivity contribution in [3.05, 3.63) is 48.3 Å². The van der Waals surface area contributed by atoms with Gasteiger partial charge in [-0.3, -0.25) is 9.89 Å². The molecule has 0 aliphatic carbocycles. The van der Waals surface area contributed by atoms with E-state index in [1.807, 2.05) is 30.3 Å². The molecule has 0 aliphatic rings. The summed E-state index contributed by atoms with van der Waals surface area (Å²) in [6.45, 7) is 0. The number of nitrogens with one attached hydrogen (secondary N) is 2. The van der Waals surface area contributed by atoms with Gasteiger partial charge in [-0.05, 0) is 12.0 Å². The van der Waals surface area contributed by atoms with Crippen LogP contribution in [0.4, 0.5) is 5.69 Å². The molecule has 2 rings (SSSR count). The molecule has 1 amide bonds. The minimum Gasteiger partial charge on any atom is -0.322 e. The molecule has 0 saturated carbocycles. The molecule has 0 spiro atoms. The molecule has 0 unspecified atom stereocenters. The number of hydrogen-bond donors (Lipinski definition) is 3. The lowest BCUT2D eigenvalue weighted by molar-refractivity contribution is -0.117. The smallest absolute Gasteiger partial charge is 0.241 e. The molecule has 1 aromatic heterocycles. The molecule has 5 heteroatoms. The Morgan fingerprint density at radius 2 is 2.18 bits per heavy atom. The lowest BCUT2D eigenvalue weighted by Crippen LogP contribution is -2.37. The first-order valence-corrected chi connectivity index (χ1v) is 5.35. The van der Waals surface area contributed by atoms with Gasteiger partial charge in [-0.25, -0.2) is 0 Å². The summed E-state index contributed by atoms with van der Waals surface area (Å²) in [5.41, 5.74) is 7.49. The Balaban J connectivity index is 1.92. The zero-order chi connectivity index (χ0) is 12.1. The Hall–Kier alpha value is -2.14. The average Bonchev–Trinajstić information content (AvgIpc) is 2.83. The summed E-state index contributed by atoms with van der Waals surface area (Å²) in [6, 6.07) is 9.12. The van der Waals surface area contributed by atoms with Crippen LogP contribution in [0.2, 0.25) is 0 Å². The summed E-state index contributed by atoms with van der Waals surface area (Å²) in [6.07, 6.45) is 3.66. The number of anilines is 1. The van der Waals surface area contributed by atoms with Crippen molar-refractivity contribution in [1.82, 2.24) is 10.2 Å². The highest BCUT2D eigenvalue weighted by molar-refractivity contribution is 5.94. The highest BCUT2D eigenvalue weighted by atomic mass is 16.2. The van der Waals surface area contributed by atoms with Gasteiger partial charge in [-0.1, -0.05) is 30.3 Å². The molecule has 17 heavy (non-hydrogen) atoms. The van der Waals surface area contributed by atoms with Gasteiger partial charge in [0, 0.05) is 6.20 Å². The van der Waals surface area contributed by atoms with Gasteiger partial charge in [-0.15, -0.1) is 0 Å². The van der Waals surface area contributed by atoms with Crippen molar-refractivity contribution in [2.45, 2.75) is 12.5 Å². The molecule has 0 bridgehead atoms. The molecule has 2 aromatic rings. The third kappa shape index (κ3) is 3.15. The number of benzene rings is 1. The van der Waals surface area contributed by atoms with Crippen molar-refractivity contribution in [3.63, 3.8) is 0 Å². The Bertz CT molecular complexity index is 467. The maximum atomic E-state index is 11.7. The molecular formula is C12H14N4O. The number of nitrogens with two attached hydrogens (primary N) is 1. The van der Waals surface area contributed by atoms with Gasteiger partial charge in [0.2, 0.25) is 5.91 Å². The number of aromatic nitrogens is 2. The number of aromatic amines is 1. The zero-order valence-corrected chi connectivity index (χ0v) is 9.26. The van der Waals surface area contributed by atoms with E-state index < -0.39 is 6.04 Å². The van der Waals surface area contributed by atoms with Gasteiger partial charge in [0.05, 0.1) is 17.9 Å². The van der Waals surface area contributed by atoms with Crippen LogP contribution in [-0.4, -0.2) is 22.1 Å². The number of nitrogens with zero attached hydrogens (tertiary/aromatic N) is 1. The topological polar surface area (TPSA) is 83.8 Å². The van der Waals surface area contributed by atoms with E-state index in [1.165, 1.54) is 6.20 Å². The van der Waals surface area contributed by atoms with Gasteiger partial charge in [0.15, 0.2) is 0 Å². The second kappa shape index (κ2) is 5.27. The third-order valence-electron chi connectivity index (χ3n) is 2.40. The largest absolute Gasteiger partial charge is 0.322 e. The van der Waals surface area contributed by atoms with Crippen LogP contribution >= 0.6 is 0 Å². The van der Waals surface area contributed by atoms with E-state index in [0.717, 1.165) is 5.56 Å². The number of rotatable bonds is 4. The Labute approximate surface area is 99.0 Å². The SMILES string of the molecule is N[C@H](Cc1ccccc1)C(=O)Nc1cn[nH]c1. The van der Waals surface area contributed by atoms with E-state index in [1.54, 1.807) is 6.20 Å². The van der Waals surface area contributed by atoms with Crippen molar-refractivity contribution >= 4 is 11.6 Å². The second-order valence-electron chi connectivity index (χ2n) is 3.77. The summed E-state index contributed by atoms with van der Waals surface area (Å²) >= 11 is 0. The minimum absolute atomic E-state index is 0.213. The minimum atomic E-state index is -0.563. The molecule has 88 valence electrons.